The topological polar surface area (TPSA) is 61.0 Å². The molecule has 2 aliphatic rings. The monoisotopic (exact) mass is 324 g/mol. The summed E-state index contributed by atoms with van der Waals surface area (Å²) in [7, 11) is 0. The zero-order valence-electron chi connectivity index (χ0n) is 12.3. The van der Waals surface area contributed by atoms with Gasteiger partial charge >= 0.3 is 0 Å². The minimum atomic E-state index is -0.831. The fourth-order valence-corrected chi connectivity index (χ4v) is 2.67. The highest BCUT2D eigenvalue weighted by molar-refractivity contribution is 6.11. The van der Waals surface area contributed by atoms with Crippen LogP contribution in [0.4, 0.5) is 14.5 Å². The van der Waals surface area contributed by atoms with Crippen molar-refractivity contribution in [1.82, 2.24) is 4.90 Å². The van der Waals surface area contributed by atoms with Crippen LogP contribution >= 0.6 is 0 Å². The molecule has 0 fully saturated rings. The van der Waals surface area contributed by atoms with Crippen molar-refractivity contribution in [2.75, 3.05) is 13.1 Å². The number of hydrogen-bond donors (Lipinski definition) is 0. The van der Waals surface area contributed by atoms with Gasteiger partial charge in [0.25, 0.3) is 0 Å². The Morgan fingerprint density at radius 3 is 2.83 bits per heavy atom. The van der Waals surface area contributed by atoms with Crippen molar-refractivity contribution in [2.24, 2.45) is 9.98 Å². The minimum absolute atomic E-state index is 0.279. The largest absolute Gasteiger partial charge is 0.453 e. The Morgan fingerprint density at radius 2 is 2.00 bits per heavy atom. The molecule has 0 saturated carbocycles. The number of ether oxygens (including phenoxy) is 1. The first-order valence-corrected chi connectivity index (χ1v) is 7.23. The summed E-state index contributed by atoms with van der Waals surface area (Å²) in [6.45, 7) is 1.42. The van der Waals surface area contributed by atoms with Gasteiger partial charge in [-0.3, -0.25) is 4.99 Å². The number of benzene rings is 2. The van der Waals surface area contributed by atoms with Crippen LogP contribution in [0, 0.1) is 23.0 Å². The summed E-state index contributed by atoms with van der Waals surface area (Å²) in [6.07, 6.45) is 1.72. The molecule has 2 aromatic carbocycles. The number of halogens is 2. The molecule has 7 heteroatoms. The number of aliphatic imine (C=N–C) groups is 2. The molecule has 2 heterocycles. The fourth-order valence-electron chi connectivity index (χ4n) is 2.67. The first-order chi connectivity index (χ1) is 11.7. The van der Waals surface area contributed by atoms with E-state index in [0.717, 1.165) is 35.8 Å². The van der Waals surface area contributed by atoms with Crippen molar-refractivity contribution >= 4 is 17.9 Å². The van der Waals surface area contributed by atoms with E-state index in [1.165, 1.54) is 0 Å². The number of hydrogen-bond acceptors (Lipinski definition) is 5. The fraction of sp³-hybridized carbons (Fsp3) is 0.118. The van der Waals surface area contributed by atoms with Gasteiger partial charge in [-0.1, -0.05) is 0 Å². The molecular formula is C17H10F2N4O. The van der Waals surface area contributed by atoms with E-state index in [9.17, 15) is 8.78 Å². The van der Waals surface area contributed by atoms with Gasteiger partial charge in [-0.05, 0) is 30.3 Å². The lowest BCUT2D eigenvalue weighted by atomic mass is 10.1. The van der Waals surface area contributed by atoms with Crippen molar-refractivity contribution in [1.29, 1.82) is 5.26 Å². The number of nitrogens with zero attached hydrogens (tertiary/aromatic N) is 4. The second-order valence-electron chi connectivity index (χ2n) is 5.27. The molecule has 0 spiro atoms. The van der Waals surface area contributed by atoms with E-state index in [1.54, 1.807) is 30.6 Å². The average Bonchev–Trinajstić information content (AvgIpc) is 3.07. The summed E-state index contributed by atoms with van der Waals surface area (Å²) in [5.41, 5.74) is 1.01. The molecule has 0 N–H and O–H groups in total. The molecule has 2 aliphatic heterocycles. The van der Waals surface area contributed by atoms with Crippen LogP contribution in [0.1, 0.15) is 11.1 Å². The molecule has 0 atom stereocenters. The molecule has 0 unspecified atom stereocenters. The van der Waals surface area contributed by atoms with E-state index >= 15 is 0 Å². The van der Waals surface area contributed by atoms with Gasteiger partial charge < -0.3 is 9.64 Å². The van der Waals surface area contributed by atoms with Crippen LogP contribution in [0.25, 0.3) is 0 Å². The SMILES string of the molecule is N#Cc1c(F)ccc(F)c1Oc1ccc2c(c1)C1=NCCN1C=N2. The highest BCUT2D eigenvalue weighted by atomic mass is 19.1. The zero-order chi connectivity index (χ0) is 16.7. The Hall–Kier alpha value is -3.27. The van der Waals surface area contributed by atoms with Crippen LogP contribution in [-0.2, 0) is 0 Å². The van der Waals surface area contributed by atoms with Crippen LogP contribution in [0.5, 0.6) is 11.5 Å². The van der Waals surface area contributed by atoms with Gasteiger partial charge in [0.15, 0.2) is 11.6 Å². The lowest BCUT2D eigenvalue weighted by Crippen LogP contribution is -2.29. The molecule has 0 amide bonds. The Balaban J connectivity index is 1.76. The maximum atomic E-state index is 14.0. The van der Waals surface area contributed by atoms with Crippen molar-refractivity contribution in [3.05, 3.63) is 53.1 Å². The van der Waals surface area contributed by atoms with Gasteiger partial charge in [0.2, 0.25) is 0 Å². The normalized spacial score (nSPS) is 14.7. The van der Waals surface area contributed by atoms with Gasteiger partial charge in [-0.15, -0.1) is 0 Å². The van der Waals surface area contributed by atoms with Gasteiger partial charge in [0.05, 0.1) is 18.6 Å². The molecular weight excluding hydrogens is 314 g/mol. The highest BCUT2D eigenvalue weighted by Gasteiger charge is 2.24. The molecule has 0 aromatic heterocycles. The quantitative estimate of drug-likeness (QED) is 0.851. The van der Waals surface area contributed by atoms with E-state index in [1.807, 2.05) is 4.90 Å². The van der Waals surface area contributed by atoms with E-state index in [0.29, 0.717) is 6.54 Å². The van der Waals surface area contributed by atoms with Gasteiger partial charge in [-0.25, -0.2) is 13.8 Å². The predicted octanol–water partition coefficient (Wildman–Crippen LogP) is 3.36. The summed E-state index contributed by atoms with van der Waals surface area (Å²) >= 11 is 0. The Labute approximate surface area is 136 Å². The first-order valence-electron chi connectivity index (χ1n) is 7.23. The summed E-state index contributed by atoms with van der Waals surface area (Å²) in [6, 6.07) is 8.41. The average molecular weight is 324 g/mol. The lowest BCUT2D eigenvalue weighted by Gasteiger charge is -2.21. The third kappa shape index (κ3) is 2.20. The number of amidine groups is 1. The van der Waals surface area contributed by atoms with Crippen LogP contribution < -0.4 is 4.74 Å². The van der Waals surface area contributed by atoms with E-state index in [2.05, 4.69) is 9.98 Å². The summed E-state index contributed by atoms with van der Waals surface area (Å²) < 4.78 is 33.1. The van der Waals surface area contributed by atoms with E-state index < -0.39 is 22.9 Å². The van der Waals surface area contributed by atoms with Gasteiger partial charge in [0.1, 0.15) is 29.0 Å². The Morgan fingerprint density at radius 1 is 1.17 bits per heavy atom. The third-order valence-corrected chi connectivity index (χ3v) is 3.81. The standard InChI is InChI=1S/C17H10F2N4O/c18-13-2-3-14(19)16(12(13)8-20)24-10-1-4-15-11(7-10)17-21-5-6-23(17)9-22-15/h1-4,7,9H,5-6H2. The number of fused-ring (bicyclic) bond motifs is 3. The first kappa shape index (κ1) is 14.3. The van der Waals surface area contributed by atoms with Crippen molar-refractivity contribution < 1.29 is 13.5 Å². The molecule has 4 rings (SSSR count). The van der Waals surface area contributed by atoms with Crippen molar-refractivity contribution in [2.45, 2.75) is 0 Å². The number of nitriles is 1. The second kappa shape index (κ2) is 5.42. The molecule has 0 bridgehead atoms. The summed E-state index contributed by atoms with van der Waals surface area (Å²) in [5, 5.41) is 9.04. The highest BCUT2D eigenvalue weighted by Crippen LogP contribution is 2.34. The van der Waals surface area contributed by atoms with Gasteiger partial charge in [0, 0.05) is 12.1 Å². The maximum Gasteiger partial charge on any atom is 0.183 e. The maximum absolute atomic E-state index is 14.0. The number of rotatable bonds is 2. The Kier molecular flexibility index (Phi) is 3.24. The van der Waals surface area contributed by atoms with Gasteiger partial charge in [-0.2, -0.15) is 5.26 Å². The second-order valence-corrected chi connectivity index (χ2v) is 5.27. The van der Waals surface area contributed by atoms with E-state index in [4.69, 9.17) is 10.00 Å². The molecule has 24 heavy (non-hydrogen) atoms. The molecule has 0 saturated heterocycles. The van der Waals surface area contributed by atoms with Crippen molar-refractivity contribution in [3.63, 3.8) is 0 Å². The smallest absolute Gasteiger partial charge is 0.183 e. The molecule has 0 radical (unpaired) electrons. The molecule has 0 aliphatic carbocycles. The van der Waals surface area contributed by atoms with Crippen LogP contribution in [0.3, 0.4) is 0 Å². The molecule has 2 aromatic rings. The predicted molar refractivity (Wildman–Crippen MR) is 83.9 cm³/mol. The van der Waals surface area contributed by atoms with Crippen LogP contribution in [0.15, 0.2) is 40.3 Å². The Bertz CT molecular complexity index is 946. The van der Waals surface area contributed by atoms with Crippen LogP contribution in [-0.4, -0.2) is 30.2 Å². The van der Waals surface area contributed by atoms with Crippen LogP contribution in [0.2, 0.25) is 0 Å². The lowest BCUT2D eigenvalue weighted by molar-refractivity contribution is 0.434. The van der Waals surface area contributed by atoms with E-state index in [-0.39, 0.29) is 5.75 Å². The summed E-state index contributed by atoms with van der Waals surface area (Å²) in [4.78, 5) is 10.7. The molecule has 118 valence electrons. The summed E-state index contributed by atoms with van der Waals surface area (Å²) in [5.74, 6) is -1.01. The minimum Gasteiger partial charge on any atom is -0.453 e. The third-order valence-electron chi connectivity index (χ3n) is 3.81. The zero-order valence-corrected chi connectivity index (χ0v) is 12.3. The molecule has 5 nitrogen and oxygen atoms in total. The van der Waals surface area contributed by atoms with Crippen molar-refractivity contribution in [3.8, 4) is 17.6 Å².